The summed E-state index contributed by atoms with van der Waals surface area (Å²) < 4.78 is 1.57. The minimum Gasteiger partial charge on any atom is -0.300 e. The van der Waals surface area contributed by atoms with Crippen LogP contribution in [0.25, 0.3) is 0 Å². The molecule has 0 fully saturated rings. The van der Waals surface area contributed by atoms with E-state index in [1.54, 1.807) is 29.3 Å². The number of carbonyl (C=O) groups excluding carboxylic acids is 1. The average molecular weight is 222 g/mol. The molecule has 2 aromatic heterocycles. The van der Waals surface area contributed by atoms with Crippen LogP contribution < -0.4 is 5.32 Å². The normalized spacial score (nSPS) is 10.2. The molecular formula is C9H10N4OS. The summed E-state index contributed by atoms with van der Waals surface area (Å²) in [4.78, 5) is 16.6. The van der Waals surface area contributed by atoms with Crippen molar-refractivity contribution in [3.8, 4) is 0 Å². The molecule has 2 rings (SSSR count). The van der Waals surface area contributed by atoms with Crippen LogP contribution >= 0.6 is 11.3 Å². The summed E-state index contributed by atoms with van der Waals surface area (Å²) in [6.07, 6.45) is 5.11. The number of anilines is 1. The molecule has 5 nitrogen and oxygen atoms in total. The van der Waals surface area contributed by atoms with E-state index in [4.69, 9.17) is 0 Å². The van der Waals surface area contributed by atoms with E-state index in [1.807, 2.05) is 6.92 Å². The number of aromatic nitrogens is 3. The van der Waals surface area contributed by atoms with Crippen LogP contribution in [0.3, 0.4) is 0 Å². The number of hydrogen-bond donors (Lipinski definition) is 1. The van der Waals surface area contributed by atoms with E-state index in [2.05, 4.69) is 15.4 Å². The van der Waals surface area contributed by atoms with Crippen LogP contribution in [0, 0.1) is 6.92 Å². The third-order valence-corrected chi connectivity index (χ3v) is 2.56. The van der Waals surface area contributed by atoms with Crippen LogP contribution in [-0.2, 0) is 11.3 Å². The molecule has 6 heteroatoms. The number of nitrogens with zero attached hydrogens (tertiary/aromatic N) is 3. The fraction of sp³-hybridized carbons (Fsp3) is 0.222. The summed E-state index contributed by atoms with van der Waals surface area (Å²) in [7, 11) is 0. The Morgan fingerprint density at radius 2 is 2.53 bits per heavy atom. The minimum absolute atomic E-state index is 0.118. The van der Waals surface area contributed by atoms with Crippen molar-refractivity contribution in [2.24, 2.45) is 0 Å². The van der Waals surface area contributed by atoms with Crippen LogP contribution in [0.2, 0.25) is 0 Å². The van der Waals surface area contributed by atoms with Crippen molar-refractivity contribution in [2.45, 2.75) is 13.5 Å². The summed E-state index contributed by atoms with van der Waals surface area (Å²) in [5.74, 6) is -0.118. The third-order valence-electron chi connectivity index (χ3n) is 1.73. The van der Waals surface area contributed by atoms with E-state index in [-0.39, 0.29) is 12.5 Å². The van der Waals surface area contributed by atoms with E-state index < -0.39 is 0 Å². The van der Waals surface area contributed by atoms with Crippen LogP contribution in [0.4, 0.5) is 5.13 Å². The van der Waals surface area contributed by atoms with Gasteiger partial charge in [0.15, 0.2) is 5.13 Å². The van der Waals surface area contributed by atoms with Gasteiger partial charge >= 0.3 is 0 Å². The number of hydrogen-bond acceptors (Lipinski definition) is 4. The quantitative estimate of drug-likeness (QED) is 0.851. The lowest BCUT2D eigenvalue weighted by molar-refractivity contribution is -0.116. The number of carbonyl (C=O) groups is 1. The van der Waals surface area contributed by atoms with E-state index in [0.29, 0.717) is 5.13 Å². The molecule has 0 saturated heterocycles. The van der Waals surface area contributed by atoms with Gasteiger partial charge in [-0.2, -0.15) is 5.10 Å². The van der Waals surface area contributed by atoms with Gasteiger partial charge in [-0.15, -0.1) is 11.3 Å². The summed E-state index contributed by atoms with van der Waals surface area (Å²) in [5.41, 5.74) is 0. The number of thiazole rings is 1. The molecule has 2 heterocycles. The predicted octanol–water partition coefficient (Wildman–Crippen LogP) is 1.29. The Bertz CT molecular complexity index is 448. The third kappa shape index (κ3) is 2.63. The Labute approximate surface area is 90.8 Å². The van der Waals surface area contributed by atoms with Crippen molar-refractivity contribution in [3.63, 3.8) is 0 Å². The topological polar surface area (TPSA) is 59.8 Å². The first kappa shape index (κ1) is 9.85. The van der Waals surface area contributed by atoms with Crippen LogP contribution in [-0.4, -0.2) is 20.7 Å². The van der Waals surface area contributed by atoms with Crippen molar-refractivity contribution < 1.29 is 4.79 Å². The molecule has 0 spiro atoms. The van der Waals surface area contributed by atoms with Gasteiger partial charge in [0.25, 0.3) is 0 Å². The number of rotatable bonds is 3. The zero-order chi connectivity index (χ0) is 10.7. The molecule has 15 heavy (non-hydrogen) atoms. The molecule has 0 atom stereocenters. The van der Waals surface area contributed by atoms with Gasteiger partial charge in [0, 0.05) is 23.5 Å². The van der Waals surface area contributed by atoms with E-state index in [0.717, 1.165) is 4.88 Å². The van der Waals surface area contributed by atoms with Crippen molar-refractivity contribution in [1.82, 2.24) is 14.8 Å². The van der Waals surface area contributed by atoms with Gasteiger partial charge < -0.3 is 5.32 Å². The van der Waals surface area contributed by atoms with Crippen LogP contribution in [0.1, 0.15) is 4.88 Å². The van der Waals surface area contributed by atoms with Gasteiger partial charge in [-0.25, -0.2) is 4.98 Å². The first-order chi connectivity index (χ1) is 7.24. The van der Waals surface area contributed by atoms with Crippen LogP contribution in [0.5, 0.6) is 0 Å². The summed E-state index contributed by atoms with van der Waals surface area (Å²) >= 11 is 1.46. The zero-order valence-electron chi connectivity index (χ0n) is 8.17. The highest BCUT2D eigenvalue weighted by molar-refractivity contribution is 7.15. The number of aryl methyl sites for hydroxylation is 1. The SMILES string of the molecule is Cc1cnc(NC(=O)Cn2cccn2)s1. The van der Waals surface area contributed by atoms with Crippen molar-refractivity contribution >= 4 is 22.4 Å². The molecule has 0 aliphatic rings. The fourth-order valence-electron chi connectivity index (χ4n) is 1.11. The van der Waals surface area contributed by atoms with Gasteiger partial charge in [-0.3, -0.25) is 9.48 Å². The lowest BCUT2D eigenvalue weighted by Crippen LogP contribution is -2.18. The fourth-order valence-corrected chi connectivity index (χ4v) is 1.79. The maximum Gasteiger partial charge on any atom is 0.247 e. The lowest BCUT2D eigenvalue weighted by atomic mass is 10.6. The maximum atomic E-state index is 11.5. The Morgan fingerprint density at radius 3 is 3.13 bits per heavy atom. The first-order valence-corrected chi connectivity index (χ1v) is 5.25. The summed E-state index contributed by atoms with van der Waals surface area (Å²) in [5, 5.41) is 7.28. The van der Waals surface area contributed by atoms with E-state index in [9.17, 15) is 4.79 Å². The summed E-state index contributed by atoms with van der Waals surface area (Å²) in [6, 6.07) is 1.78. The second kappa shape index (κ2) is 4.22. The summed E-state index contributed by atoms with van der Waals surface area (Å²) in [6.45, 7) is 2.16. The number of amides is 1. The highest BCUT2D eigenvalue weighted by Gasteiger charge is 2.05. The molecule has 0 aliphatic carbocycles. The molecule has 78 valence electrons. The molecule has 0 saturated carbocycles. The monoisotopic (exact) mass is 222 g/mol. The van der Waals surface area contributed by atoms with Crippen molar-refractivity contribution in [3.05, 3.63) is 29.5 Å². The zero-order valence-corrected chi connectivity index (χ0v) is 8.99. The van der Waals surface area contributed by atoms with Crippen molar-refractivity contribution in [2.75, 3.05) is 5.32 Å². The number of nitrogens with one attached hydrogen (secondary N) is 1. The standard InChI is InChI=1S/C9H10N4OS/c1-7-5-10-9(15-7)12-8(14)6-13-4-2-3-11-13/h2-5H,6H2,1H3,(H,10,12,14). The van der Waals surface area contributed by atoms with Gasteiger partial charge in [-0.1, -0.05) is 0 Å². The van der Waals surface area contributed by atoms with E-state index in [1.165, 1.54) is 11.3 Å². The van der Waals surface area contributed by atoms with Gasteiger partial charge in [-0.05, 0) is 13.0 Å². The maximum absolute atomic E-state index is 11.5. The largest absolute Gasteiger partial charge is 0.300 e. The Kier molecular flexibility index (Phi) is 2.77. The Hall–Kier alpha value is -1.69. The van der Waals surface area contributed by atoms with E-state index >= 15 is 0 Å². The average Bonchev–Trinajstić information content (AvgIpc) is 2.77. The van der Waals surface area contributed by atoms with Gasteiger partial charge in [0.05, 0.1) is 0 Å². The molecule has 0 bridgehead atoms. The molecule has 0 radical (unpaired) electrons. The predicted molar refractivity (Wildman–Crippen MR) is 57.7 cm³/mol. The molecule has 0 unspecified atom stereocenters. The molecule has 1 N–H and O–H groups in total. The van der Waals surface area contributed by atoms with Crippen LogP contribution in [0.15, 0.2) is 24.7 Å². The van der Waals surface area contributed by atoms with Gasteiger partial charge in [0.1, 0.15) is 6.54 Å². The smallest absolute Gasteiger partial charge is 0.247 e. The molecule has 2 aromatic rings. The molecule has 1 amide bonds. The molecule has 0 aromatic carbocycles. The highest BCUT2D eigenvalue weighted by atomic mass is 32.1. The highest BCUT2D eigenvalue weighted by Crippen LogP contribution is 2.16. The second-order valence-corrected chi connectivity index (χ2v) is 4.26. The Balaban J connectivity index is 1.93. The first-order valence-electron chi connectivity index (χ1n) is 4.44. The minimum atomic E-state index is -0.118. The Morgan fingerprint density at radius 1 is 1.67 bits per heavy atom. The molecule has 0 aliphatic heterocycles. The molecular weight excluding hydrogens is 212 g/mol. The van der Waals surface area contributed by atoms with Crippen molar-refractivity contribution in [1.29, 1.82) is 0 Å². The van der Waals surface area contributed by atoms with Gasteiger partial charge in [0.2, 0.25) is 5.91 Å². The lowest BCUT2D eigenvalue weighted by Gasteiger charge is -2.00. The second-order valence-electron chi connectivity index (χ2n) is 3.03.